The van der Waals surface area contributed by atoms with Gasteiger partial charge in [-0.2, -0.15) is 0 Å². The van der Waals surface area contributed by atoms with Crippen LogP contribution < -0.4 is 20.3 Å². The van der Waals surface area contributed by atoms with Gasteiger partial charge in [0.25, 0.3) is 0 Å². The van der Waals surface area contributed by atoms with Crippen LogP contribution in [0.1, 0.15) is 10.6 Å². The molecule has 1 aliphatic heterocycles. The van der Waals surface area contributed by atoms with Gasteiger partial charge in [-0.25, -0.2) is 14.8 Å². The Morgan fingerprint density at radius 3 is 3.08 bits per heavy atom. The van der Waals surface area contributed by atoms with Gasteiger partial charge in [-0.3, -0.25) is 5.32 Å². The van der Waals surface area contributed by atoms with Gasteiger partial charge < -0.3 is 19.7 Å². The molecule has 2 amide bonds. The molecule has 0 spiro atoms. The normalized spacial score (nSPS) is 13.3. The van der Waals surface area contributed by atoms with E-state index in [2.05, 4.69) is 25.5 Å². The second-order valence-electron chi connectivity index (χ2n) is 5.62. The maximum Gasteiger partial charge on any atom is 0.321 e. The number of aromatic nitrogens is 2. The number of carbonyl (C=O) groups is 1. The number of ether oxygens (including phenoxy) is 2. The van der Waals surface area contributed by atoms with Gasteiger partial charge in [-0.15, -0.1) is 0 Å². The van der Waals surface area contributed by atoms with Crippen LogP contribution in [-0.2, 0) is 17.7 Å². The third-order valence-corrected chi connectivity index (χ3v) is 5.20. The predicted molar refractivity (Wildman–Crippen MR) is 102 cm³/mol. The number of halogens is 1. The summed E-state index contributed by atoms with van der Waals surface area (Å²) in [5.74, 6) is 0.550. The SMILES string of the molecule is COCCNC(=O)Nc1nc2c(s1)CN(c1cnc(Cl)c(OC)c1)CC2. The Morgan fingerprint density at radius 2 is 2.31 bits per heavy atom. The molecule has 8 nitrogen and oxygen atoms in total. The third kappa shape index (κ3) is 4.35. The number of hydrogen-bond donors (Lipinski definition) is 2. The average molecular weight is 398 g/mol. The van der Waals surface area contributed by atoms with E-state index in [-0.39, 0.29) is 6.03 Å². The molecular formula is C16H20ClN5O3S. The van der Waals surface area contributed by atoms with Crippen LogP contribution in [0.25, 0.3) is 0 Å². The van der Waals surface area contributed by atoms with Crippen LogP contribution in [0, 0.1) is 0 Å². The van der Waals surface area contributed by atoms with Crippen molar-refractivity contribution >= 4 is 39.8 Å². The van der Waals surface area contributed by atoms with Crippen molar-refractivity contribution in [3.63, 3.8) is 0 Å². The summed E-state index contributed by atoms with van der Waals surface area (Å²) in [6.45, 7) is 2.43. The number of pyridine rings is 1. The first-order chi connectivity index (χ1) is 12.6. The van der Waals surface area contributed by atoms with Crippen molar-refractivity contribution in [2.75, 3.05) is 44.1 Å². The summed E-state index contributed by atoms with van der Waals surface area (Å²) in [5, 5.41) is 6.42. The summed E-state index contributed by atoms with van der Waals surface area (Å²) in [7, 11) is 3.16. The Bertz CT molecular complexity index is 785. The number of anilines is 2. The summed E-state index contributed by atoms with van der Waals surface area (Å²) >= 11 is 7.48. The van der Waals surface area contributed by atoms with E-state index >= 15 is 0 Å². The molecule has 1 aliphatic rings. The fourth-order valence-corrected chi connectivity index (χ4v) is 3.81. The monoisotopic (exact) mass is 397 g/mol. The number of fused-ring (bicyclic) bond motifs is 1. The quantitative estimate of drug-likeness (QED) is 0.575. The zero-order chi connectivity index (χ0) is 18.5. The Labute approximate surface area is 160 Å². The Kier molecular flexibility index (Phi) is 6.12. The molecule has 0 aromatic carbocycles. The van der Waals surface area contributed by atoms with E-state index in [1.165, 1.54) is 11.3 Å². The number of rotatable bonds is 6. The van der Waals surface area contributed by atoms with Crippen molar-refractivity contribution in [1.82, 2.24) is 15.3 Å². The number of nitrogens with zero attached hydrogens (tertiary/aromatic N) is 3. The van der Waals surface area contributed by atoms with Crippen LogP contribution in [0.15, 0.2) is 12.3 Å². The average Bonchev–Trinajstić information content (AvgIpc) is 3.03. The first-order valence-electron chi connectivity index (χ1n) is 8.07. The van der Waals surface area contributed by atoms with E-state index in [4.69, 9.17) is 21.1 Å². The molecule has 3 rings (SSSR count). The fraction of sp³-hybridized carbons (Fsp3) is 0.438. The first kappa shape index (κ1) is 18.7. The van der Waals surface area contributed by atoms with Gasteiger partial charge in [0.05, 0.1) is 37.8 Å². The molecule has 0 saturated heterocycles. The van der Waals surface area contributed by atoms with Crippen molar-refractivity contribution in [1.29, 1.82) is 0 Å². The van der Waals surface area contributed by atoms with Gasteiger partial charge in [0.15, 0.2) is 16.0 Å². The standard InChI is InChI=1S/C16H20ClN5O3S/c1-24-6-4-18-15(23)21-16-20-11-3-5-22(9-13(11)26-16)10-7-12(25-2)14(17)19-8-10/h7-8H,3-6,9H2,1-2H3,(H2,18,20,21,23). The smallest absolute Gasteiger partial charge is 0.321 e. The highest BCUT2D eigenvalue weighted by Crippen LogP contribution is 2.33. The van der Waals surface area contributed by atoms with Crippen LogP contribution in [0.4, 0.5) is 15.6 Å². The van der Waals surface area contributed by atoms with E-state index in [0.29, 0.717) is 35.7 Å². The van der Waals surface area contributed by atoms with Crippen LogP contribution in [-0.4, -0.2) is 49.9 Å². The molecule has 2 aromatic heterocycles. The molecule has 0 radical (unpaired) electrons. The van der Waals surface area contributed by atoms with Crippen molar-refractivity contribution in [3.05, 3.63) is 28.0 Å². The lowest BCUT2D eigenvalue weighted by Crippen LogP contribution is -2.31. The van der Waals surface area contributed by atoms with Gasteiger partial charge in [0.1, 0.15) is 0 Å². The minimum atomic E-state index is -0.281. The molecule has 2 N–H and O–H groups in total. The number of nitrogens with one attached hydrogen (secondary N) is 2. The van der Waals surface area contributed by atoms with Gasteiger partial charge >= 0.3 is 6.03 Å². The number of urea groups is 1. The minimum absolute atomic E-state index is 0.281. The van der Waals surface area contributed by atoms with Crippen LogP contribution in [0.2, 0.25) is 5.15 Å². The number of amides is 2. The van der Waals surface area contributed by atoms with Crippen molar-refractivity contribution < 1.29 is 14.3 Å². The zero-order valence-corrected chi connectivity index (χ0v) is 16.1. The number of methoxy groups -OCH3 is 2. The molecule has 0 atom stereocenters. The molecule has 0 saturated carbocycles. The van der Waals surface area contributed by atoms with E-state index in [1.807, 2.05) is 6.07 Å². The van der Waals surface area contributed by atoms with Crippen LogP contribution in [0.3, 0.4) is 0 Å². The highest BCUT2D eigenvalue weighted by molar-refractivity contribution is 7.15. The van der Waals surface area contributed by atoms with E-state index in [0.717, 1.165) is 29.2 Å². The lowest BCUT2D eigenvalue weighted by Gasteiger charge is -2.28. The molecular weight excluding hydrogens is 378 g/mol. The highest BCUT2D eigenvalue weighted by Gasteiger charge is 2.22. The summed E-state index contributed by atoms with van der Waals surface area (Å²) in [6, 6.07) is 1.60. The van der Waals surface area contributed by atoms with E-state index in [1.54, 1.807) is 20.4 Å². The van der Waals surface area contributed by atoms with Crippen molar-refractivity contribution in [2.24, 2.45) is 0 Å². The lowest BCUT2D eigenvalue weighted by atomic mass is 10.1. The van der Waals surface area contributed by atoms with E-state index in [9.17, 15) is 4.79 Å². The number of hydrogen-bond acceptors (Lipinski definition) is 7. The summed E-state index contributed by atoms with van der Waals surface area (Å²) in [6.07, 6.45) is 2.53. The van der Waals surface area contributed by atoms with Crippen LogP contribution >= 0.6 is 22.9 Å². The second-order valence-corrected chi connectivity index (χ2v) is 7.06. The minimum Gasteiger partial charge on any atom is -0.493 e. The molecule has 0 aliphatic carbocycles. The van der Waals surface area contributed by atoms with E-state index < -0.39 is 0 Å². The maximum absolute atomic E-state index is 11.8. The molecule has 0 fully saturated rings. The van der Waals surface area contributed by atoms with Crippen LogP contribution in [0.5, 0.6) is 5.75 Å². The molecule has 3 heterocycles. The molecule has 2 aromatic rings. The Morgan fingerprint density at radius 1 is 1.46 bits per heavy atom. The number of thiazole rings is 1. The van der Waals surface area contributed by atoms with Crippen molar-refractivity contribution in [3.8, 4) is 5.75 Å². The van der Waals surface area contributed by atoms with Gasteiger partial charge in [0, 0.05) is 37.6 Å². The highest BCUT2D eigenvalue weighted by atomic mass is 35.5. The summed E-state index contributed by atoms with van der Waals surface area (Å²) in [4.78, 5) is 23.8. The van der Waals surface area contributed by atoms with Crippen molar-refractivity contribution in [2.45, 2.75) is 13.0 Å². The Hall–Kier alpha value is -2.10. The maximum atomic E-state index is 11.8. The fourth-order valence-electron chi connectivity index (χ4n) is 2.61. The summed E-state index contributed by atoms with van der Waals surface area (Å²) in [5.41, 5.74) is 1.96. The zero-order valence-electron chi connectivity index (χ0n) is 14.5. The van der Waals surface area contributed by atoms with Gasteiger partial charge in [-0.05, 0) is 0 Å². The summed E-state index contributed by atoms with van der Waals surface area (Å²) < 4.78 is 10.1. The Balaban J connectivity index is 1.65. The second kappa shape index (κ2) is 8.52. The largest absolute Gasteiger partial charge is 0.493 e. The molecule has 0 bridgehead atoms. The number of carbonyl (C=O) groups excluding carboxylic acids is 1. The molecule has 0 unspecified atom stereocenters. The third-order valence-electron chi connectivity index (χ3n) is 3.92. The first-order valence-corrected chi connectivity index (χ1v) is 9.27. The molecule has 26 heavy (non-hydrogen) atoms. The van der Waals surface area contributed by atoms with Gasteiger partial charge in [-0.1, -0.05) is 22.9 Å². The van der Waals surface area contributed by atoms with Gasteiger partial charge in [0.2, 0.25) is 0 Å². The molecule has 140 valence electrons. The molecule has 10 heteroatoms. The topological polar surface area (TPSA) is 88.6 Å². The lowest BCUT2D eigenvalue weighted by molar-refractivity contribution is 0.198. The predicted octanol–water partition coefficient (Wildman–Crippen LogP) is 2.53.